The van der Waals surface area contributed by atoms with Crippen LogP contribution in [0.4, 0.5) is 25.1 Å². The van der Waals surface area contributed by atoms with E-state index in [9.17, 15) is 18.0 Å². The monoisotopic (exact) mass is 412 g/mol. The van der Waals surface area contributed by atoms with Gasteiger partial charge in [-0.15, -0.1) is 0 Å². The van der Waals surface area contributed by atoms with E-state index in [-0.39, 0.29) is 23.3 Å². The maximum absolute atomic E-state index is 13.5. The molecule has 4 heterocycles. The van der Waals surface area contributed by atoms with Crippen LogP contribution < -0.4 is 15.4 Å². The van der Waals surface area contributed by atoms with Crippen molar-refractivity contribution in [1.29, 1.82) is 0 Å². The Kier molecular flexibility index (Phi) is 5.37. The first-order valence-electron chi connectivity index (χ1n) is 9.13. The summed E-state index contributed by atoms with van der Waals surface area (Å²) in [5.74, 6) is 0.407. The Morgan fingerprint density at radius 3 is 1.90 bits per heavy atom. The molecule has 2 aromatic rings. The first-order chi connectivity index (χ1) is 13.9. The summed E-state index contributed by atoms with van der Waals surface area (Å²) >= 11 is 0. The van der Waals surface area contributed by atoms with Crippen LogP contribution >= 0.6 is 0 Å². The molecule has 0 unspecified atom stereocenters. The lowest BCUT2D eigenvalue weighted by Gasteiger charge is -2.30. The van der Waals surface area contributed by atoms with Gasteiger partial charge in [-0.05, 0) is 0 Å². The van der Waals surface area contributed by atoms with Crippen molar-refractivity contribution in [3.8, 4) is 11.4 Å². The fourth-order valence-electron chi connectivity index (χ4n) is 3.17. The maximum atomic E-state index is 13.5. The van der Waals surface area contributed by atoms with Gasteiger partial charge in [-0.3, -0.25) is 4.79 Å². The van der Waals surface area contributed by atoms with E-state index < -0.39 is 17.3 Å². The fraction of sp³-hybridized carbons (Fsp3) is 0.529. The van der Waals surface area contributed by atoms with Crippen LogP contribution in [-0.4, -0.2) is 72.5 Å². The number of ether oxygens (including phenoxy) is 2. The van der Waals surface area contributed by atoms with Gasteiger partial charge < -0.3 is 24.3 Å². The van der Waals surface area contributed by atoms with Crippen molar-refractivity contribution in [2.45, 2.75) is 6.18 Å². The van der Waals surface area contributed by atoms with Gasteiger partial charge in [-0.2, -0.15) is 28.1 Å². The summed E-state index contributed by atoms with van der Waals surface area (Å²) in [7, 11) is 0. The van der Waals surface area contributed by atoms with Crippen molar-refractivity contribution < 1.29 is 22.6 Å². The average molecular weight is 412 g/mol. The summed E-state index contributed by atoms with van der Waals surface area (Å²) in [5, 5.41) is 0. The molecule has 2 aromatic heterocycles. The predicted octanol–water partition coefficient (Wildman–Crippen LogP) is 0.919. The molecule has 4 rings (SSSR count). The van der Waals surface area contributed by atoms with Crippen LogP contribution in [0.15, 0.2) is 17.1 Å². The second-order valence-electron chi connectivity index (χ2n) is 6.58. The van der Waals surface area contributed by atoms with Crippen LogP contribution in [0.3, 0.4) is 0 Å². The summed E-state index contributed by atoms with van der Waals surface area (Å²) in [6.07, 6.45) is -3.73. The molecule has 0 saturated carbocycles. The fourth-order valence-corrected chi connectivity index (χ4v) is 3.17. The Labute approximate surface area is 163 Å². The quantitative estimate of drug-likeness (QED) is 0.795. The predicted molar refractivity (Wildman–Crippen MR) is 96.9 cm³/mol. The number of H-pyrrole nitrogens is 1. The topological polar surface area (TPSA) is 96.5 Å². The molecular weight excluding hydrogens is 393 g/mol. The third-order valence-electron chi connectivity index (χ3n) is 4.67. The number of rotatable bonds is 3. The number of halogens is 3. The summed E-state index contributed by atoms with van der Waals surface area (Å²) in [4.78, 5) is 30.5. The van der Waals surface area contributed by atoms with E-state index in [1.54, 1.807) is 0 Å². The zero-order chi connectivity index (χ0) is 20.4. The largest absolute Gasteiger partial charge is 0.417 e. The van der Waals surface area contributed by atoms with Gasteiger partial charge in [-0.25, -0.2) is 0 Å². The molecule has 0 spiro atoms. The third-order valence-corrected chi connectivity index (χ3v) is 4.67. The van der Waals surface area contributed by atoms with E-state index in [1.165, 1.54) is 0 Å². The Morgan fingerprint density at radius 2 is 1.41 bits per heavy atom. The van der Waals surface area contributed by atoms with Crippen LogP contribution in [0.2, 0.25) is 0 Å². The molecule has 1 N–H and O–H groups in total. The van der Waals surface area contributed by atoms with E-state index >= 15 is 0 Å². The lowest BCUT2D eigenvalue weighted by atomic mass is 10.1. The minimum atomic E-state index is -4.73. The van der Waals surface area contributed by atoms with Crippen LogP contribution in [0, 0.1) is 0 Å². The van der Waals surface area contributed by atoms with Crippen molar-refractivity contribution in [2.24, 2.45) is 0 Å². The number of hydrogen-bond acceptors (Lipinski definition) is 8. The number of aromatic nitrogens is 4. The highest BCUT2D eigenvalue weighted by Crippen LogP contribution is 2.35. The first-order valence-corrected chi connectivity index (χ1v) is 9.13. The first kappa shape index (κ1) is 19.6. The molecule has 0 radical (unpaired) electrons. The van der Waals surface area contributed by atoms with Gasteiger partial charge in [-0.1, -0.05) is 0 Å². The highest BCUT2D eigenvalue weighted by atomic mass is 19.4. The van der Waals surface area contributed by atoms with Crippen molar-refractivity contribution in [3.63, 3.8) is 0 Å². The molecule has 0 amide bonds. The molecular formula is C17H19F3N6O3. The summed E-state index contributed by atoms with van der Waals surface area (Å²) < 4.78 is 51.3. The number of pyridine rings is 1. The molecule has 0 atom stereocenters. The smallest absolute Gasteiger partial charge is 0.378 e. The molecule has 29 heavy (non-hydrogen) atoms. The van der Waals surface area contributed by atoms with Crippen LogP contribution in [0.1, 0.15) is 5.56 Å². The number of aromatic amines is 1. The molecule has 2 aliphatic heterocycles. The van der Waals surface area contributed by atoms with E-state index in [0.29, 0.717) is 58.7 Å². The van der Waals surface area contributed by atoms with Gasteiger partial charge in [0, 0.05) is 44.0 Å². The Hall–Kier alpha value is -2.73. The molecule has 0 aromatic carbocycles. The van der Waals surface area contributed by atoms with Gasteiger partial charge in [0.1, 0.15) is 0 Å². The van der Waals surface area contributed by atoms with E-state index in [4.69, 9.17) is 9.47 Å². The Morgan fingerprint density at radius 1 is 0.897 bits per heavy atom. The molecule has 9 nitrogen and oxygen atoms in total. The molecule has 156 valence electrons. The van der Waals surface area contributed by atoms with Crippen molar-refractivity contribution in [1.82, 2.24) is 19.9 Å². The lowest BCUT2D eigenvalue weighted by Crippen LogP contribution is -2.40. The van der Waals surface area contributed by atoms with E-state index in [2.05, 4.69) is 19.9 Å². The number of nitrogens with zero attached hydrogens (tertiary/aromatic N) is 5. The molecule has 0 aliphatic carbocycles. The highest BCUT2D eigenvalue weighted by molar-refractivity contribution is 5.62. The van der Waals surface area contributed by atoms with Crippen LogP contribution in [-0.2, 0) is 15.7 Å². The number of hydrogen-bond donors (Lipinski definition) is 1. The second kappa shape index (κ2) is 7.95. The highest BCUT2D eigenvalue weighted by Gasteiger charge is 2.35. The molecule has 0 bridgehead atoms. The lowest BCUT2D eigenvalue weighted by molar-refractivity contribution is -0.137. The SMILES string of the molecule is O=c1cc(C(F)(F)F)c(-c2nc(N3CCOCC3)nc(N3CCOCC3)n2)c[nH]1. The zero-order valence-corrected chi connectivity index (χ0v) is 15.4. The van der Waals surface area contributed by atoms with Gasteiger partial charge in [0.2, 0.25) is 17.5 Å². The standard InChI is InChI=1S/C17H19F3N6O3/c18-17(19,20)12-9-13(27)21-10-11(12)14-22-15(25-1-5-28-6-2-25)24-16(23-14)26-3-7-29-8-4-26/h9-10H,1-8H2,(H,21,27). The summed E-state index contributed by atoms with van der Waals surface area (Å²) in [6, 6.07) is 0.516. The zero-order valence-electron chi connectivity index (χ0n) is 15.4. The summed E-state index contributed by atoms with van der Waals surface area (Å²) in [6.45, 7) is 3.96. The van der Waals surface area contributed by atoms with Crippen LogP contribution in [0.5, 0.6) is 0 Å². The van der Waals surface area contributed by atoms with Gasteiger partial charge in [0.25, 0.3) is 0 Å². The number of alkyl halides is 3. The van der Waals surface area contributed by atoms with Crippen molar-refractivity contribution in [3.05, 3.63) is 28.2 Å². The van der Waals surface area contributed by atoms with E-state index in [1.807, 2.05) is 9.80 Å². The van der Waals surface area contributed by atoms with Crippen LogP contribution in [0.25, 0.3) is 11.4 Å². The number of anilines is 2. The molecule has 2 aliphatic rings. The minimum Gasteiger partial charge on any atom is -0.378 e. The molecule has 2 saturated heterocycles. The Bertz CT molecular complexity index is 887. The number of morpholine rings is 2. The van der Waals surface area contributed by atoms with E-state index in [0.717, 1.165) is 6.20 Å². The summed E-state index contributed by atoms with van der Waals surface area (Å²) in [5.41, 5.74) is -2.24. The van der Waals surface area contributed by atoms with Crippen molar-refractivity contribution >= 4 is 11.9 Å². The maximum Gasteiger partial charge on any atom is 0.417 e. The normalized spacial score (nSPS) is 18.2. The number of nitrogens with one attached hydrogen (secondary N) is 1. The molecule has 2 fully saturated rings. The Balaban J connectivity index is 1.83. The average Bonchev–Trinajstić information content (AvgIpc) is 2.74. The third kappa shape index (κ3) is 4.32. The van der Waals surface area contributed by atoms with Crippen molar-refractivity contribution in [2.75, 3.05) is 62.4 Å². The second-order valence-corrected chi connectivity index (χ2v) is 6.58. The minimum absolute atomic E-state index is 0.147. The van der Waals surface area contributed by atoms with Gasteiger partial charge in [0.05, 0.1) is 32.0 Å². The van der Waals surface area contributed by atoms with Gasteiger partial charge >= 0.3 is 6.18 Å². The molecule has 12 heteroatoms. The van der Waals surface area contributed by atoms with Gasteiger partial charge in [0.15, 0.2) is 5.82 Å².